The summed E-state index contributed by atoms with van der Waals surface area (Å²) in [5.74, 6) is -0.147. The molecule has 0 atom stereocenters. The molecule has 1 aromatic heterocycles. The maximum Gasteiger partial charge on any atom is 0.331 e. The fraction of sp³-hybridized carbons (Fsp3) is 0.250. The number of hydrogen-bond acceptors (Lipinski definition) is 7. The van der Waals surface area contributed by atoms with Gasteiger partial charge in [-0.15, -0.1) is 0 Å². The third-order valence-electron chi connectivity index (χ3n) is 5.45. The predicted octanol–water partition coefficient (Wildman–Crippen LogP) is 4.73. The molecule has 0 saturated heterocycles. The number of benzene rings is 2. The lowest BCUT2D eigenvalue weighted by molar-refractivity contribution is -0.385. The van der Waals surface area contributed by atoms with Gasteiger partial charge in [-0.3, -0.25) is 14.8 Å². The van der Waals surface area contributed by atoms with Crippen LogP contribution in [-0.2, 0) is 34.0 Å². The number of hydrogen-bond donors (Lipinski definition) is 0. The van der Waals surface area contributed by atoms with Crippen molar-refractivity contribution in [2.75, 3.05) is 6.79 Å². The van der Waals surface area contributed by atoms with E-state index in [2.05, 4.69) is 5.10 Å². The predicted molar refractivity (Wildman–Crippen MR) is 124 cm³/mol. The highest BCUT2D eigenvalue weighted by atomic mass is 35.5. The number of nitro groups is 1. The summed E-state index contributed by atoms with van der Waals surface area (Å²) in [7, 11) is 0. The number of aryl methyl sites for hydroxylation is 1. The summed E-state index contributed by atoms with van der Waals surface area (Å²) in [5.41, 5.74) is 4.22. The van der Waals surface area contributed by atoms with Gasteiger partial charge >= 0.3 is 5.97 Å². The molecule has 0 unspecified atom stereocenters. The van der Waals surface area contributed by atoms with Crippen LogP contribution in [0.2, 0.25) is 5.02 Å². The van der Waals surface area contributed by atoms with E-state index >= 15 is 0 Å². The van der Waals surface area contributed by atoms with Crippen LogP contribution in [-0.4, -0.2) is 27.5 Å². The van der Waals surface area contributed by atoms with Gasteiger partial charge in [0.2, 0.25) is 0 Å². The Bertz CT molecular complexity index is 1280. The summed E-state index contributed by atoms with van der Waals surface area (Å²) in [5, 5.41) is 16.4. The molecule has 1 aliphatic rings. The molecule has 0 amide bonds. The molecular formula is C24H22ClN3O6. The van der Waals surface area contributed by atoms with E-state index in [1.54, 1.807) is 6.08 Å². The van der Waals surface area contributed by atoms with E-state index in [4.69, 9.17) is 25.8 Å². The Morgan fingerprint density at radius 3 is 2.85 bits per heavy atom. The summed E-state index contributed by atoms with van der Waals surface area (Å²) in [4.78, 5) is 23.1. The third-order valence-corrected chi connectivity index (χ3v) is 5.82. The van der Waals surface area contributed by atoms with Crippen LogP contribution in [0.15, 0.2) is 42.5 Å². The number of nitrogens with zero attached hydrogens (tertiary/aromatic N) is 3. The summed E-state index contributed by atoms with van der Waals surface area (Å²) >= 11 is 6.26. The van der Waals surface area contributed by atoms with Crippen molar-refractivity contribution in [3.8, 4) is 5.75 Å². The lowest BCUT2D eigenvalue weighted by Gasteiger charge is -2.20. The van der Waals surface area contributed by atoms with Crippen LogP contribution < -0.4 is 4.74 Å². The first kappa shape index (κ1) is 23.5. The molecule has 0 saturated carbocycles. The standard InChI is InChI=1S/C24H22ClN3O6/c1-15-21(16(2)27(26-15)11-17-5-3-4-6-22(17)25)7-8-23(29)33-13-19-10-20(28(30)31)9-18-12-32-14-34-24(18)19/h3-10H,11-14H2,1-2H3. The summed E-state index contributed by atoms with van der Waals surface area (Å²) < 4.78 is 17.8. The van der Waals surface area contributed by atoms with Gasteiger partial charge in [-0.25, -0.2) is 4.79 Å². The molecule has 0 aliphatic carbocycles. The van der Waals surface area contributed by atoms with E-state index in [1.165, 1.54) is 18.2 Å². The molecule has 0 spiro atoms. The van der Waals surface area contributed by atoms with Crippen LogP contribution in [0.3, 0.4) is 0 Å². The fourth-order valence-electron chi connectivity index (χ4n) is 3.74. The highest BCUT2D eigenvalue weighted by Crippen LogP contribution is 2.33. The van der Waals surface area contributed by atoms with Crippen molar-refractivity contribution < 1.29 is 23.9 Å². The lowest BCUT2D eigenvalue weighted by atomic mass is 10.1. The largest absolute Gasteiger partial charge is 0.467 e. The Morgan fingerprint density at radius 2 is 2.09 bits per heavy atom. The maximum atomic E-state index is 12.4. The Balaban J connectivity index is 1.46. The minimum absolute atomic E-state index is 0.0302. The number of carbonyl (C=O) groups is 1. The van der Waals surface area contributed by atoms with Gasteiger partial charge in [-0.2, -0.15) is 5.10 Å². The van der Waals surface area contributed by atoms with Crippen LogP contribution in [0.1, 0.15) is 33.6 Å². The van der Waals surface area contributed by atoms with Gasteiger partial charge in [-0.05, 0) is 31.6 Å². The molecular weight excluding hydrogens is 462 g/mol. The third kappa shape index (κ3) is 5.11. The average Bonchev–Trinajstić information content (AvgIpc) is 3.09. The van der Waals surface area contributed by atoms with E-state index in [1.807, 2.05) is 42.8 Å². The van der Waals surface area contributed by atoms with Crippen molar-refractivity contribution in [2.45, 2.75) is 33.6 Å². The number of aromatic nitrogens is 2. The zero-order valence-corrected chi connectivity index (χ0v) is 19.4. The molecule has 2 aromatic carbocycles. The van der Waals surface area contributed by atoms with Crippen molar-refractivity contribution in [1.29, 1.82) is 0 Å². The number of nitro benzene ring substituents is 1. The SMILES string of the molecule is Cc1nn(Cc2ccccc2Cl)c(C)c1C=CC(=O)OCc1cc([N+](=O)[O-])cc2c1OCOC2. The van der Waals surface area contributed by atoms with Crippen LogP contribution in [0.25, 0.3) is 6.08 Å². The fourth-order valence-corrected chi connectivity index (χ4v) is 3.93. The molecule has 2 heterocycles. The van der Waals surface area contributed by atoms with Gasteiger partial charge in [0, 0.05) is 45.6 Å². The van der Waals surface area contributed by atoms with Gasteiger partial charge < -0.3 is 14.2 Å². The number of halogens is 1. The average molecular weight is 484 g/mol. The van der Waals surface area contributed by atoms with Crippen molar-refractivity contribution in [3.63, 3.8) is 0 Å². The van der Waals surface area contributed by atoms with Crippen molar-refractivity contribution >= 4 is 29.3 Å². The summed E-state index contributed by atoms with van der Waals surface area (Å²) in [6, 6.07) is 10.3. The molecule has 176 valence electrons. The number of non-ortho nitro benzene ring substituents is 1. The van der Waals surface area contributed by atoms with Gasteiger partial charge in [-0.1, -0.05) is 29.8 Å². The highest BCUT2D eigenvalue weighted by Gasteiger charge is 2.21. The second-order valence-electron chi connectivity index (χ2n) is 7.74. The number of esters is 1. The second-order valence-corrected chi connectivity index (χ2v) is 8.14. The zero-order valence-electron chi connectivity index (χ0n) is 18.6. The lowest BCUT2D eigenvalue weighted by Crippen LogP contribution is -2.14. The van der Waals surface area contributed by atoms with Crippen LogP contribution in [0.5, 0.6) is 5.75 Å². The number of rotatable bonds is 7. The van der Waals surface area contributed by atoms with Crippen LogP contribution >= 0.6 is 11.6 Å². The Hall–Kier alpha value is -3.69. The minimum Gasteiger partial charge on any atom is -0.467 e. The minimum atomic E-state index is -0.593. The van der Waals surface area contributed by atoms with Gasteiger partial charge in [0.25, 0.3) is 5.69 Å². The zero-order chi connectivity index (χ0) is 24.2. The second kappa shape index (κ2) is 10.1. The Morgan fingerprint density at radius 1 is 1.29 bits per heavy atom. The van der Waals surface area contributed by atoms with Crippen molar-refractivity contribution in [3.05, 3.63) is 91.3 Å². The van der Waals surface area contributed by atoms with E-state index < -0.39 is 10.9 Å². The smallest absolute Gasteiger partial charge is 0.331 e. The molecule has 0 radical (unpaired) electrons. The molecule has 0 fully saturated rings. The highest BCUT2D eigenvalue weighted by molar-refractivity contribution is 6.31. The molecule has 9 nitrogen and oxygen atoms in total. The van der Waals surface area contributed by atoms with Gasteiger partial charge in [0.15, 0.2) is 6.79 Å². The topological polar surface area (TPSA) is 106 Å². The first-order chi connectivity index (χ1) is 16.3. The monoisotopic (exact) mass is 483 g/mol. The van der Waals surface area contributed by atoms with Crippen molar-refractivity contribution in [2.24, 2.45) is 0 Å². The summed E-state index contributed by atoms with van der Waals surface area (Å²) in [6.45, 7) is 4.33. The number of carbonyl (C=O) groups excluding carboxylic acids is 1. The van der Waals surface area contributed by atoms with Crippen LogP contribution in [0.4, 0.5) is 5.69 Å². The van der Waals surface area contributed by atoms with E-state index in [0.717, 1.165) is 22.5 Å². The molecule has 10 heteroatoms. The first-order valence-electron chi connectivity index (χ1n) is 10.5. The molecule has 0 bridgehead atoms. The molecule has 0 N–H and O–H groups in total. The molecule has 3 aromatic rings. The quantitative estimate of drug-likeness (QED) is 0.207. The normalized spacial score (nSPS) is 12.9. The van der Waals surface area contributed by atoms with Gasteiger partial charge in [0.1, 0.15) is 12.4 Å². The van der Waals surface area contributed by atoms with E-state index in [-0.39, 0.29) is 25.7 Å². The Labute approximate surface area is 200 Å². The van der Waals surface area contributed by atoms with Crippen molar-refractivity contribution in [1.82, 2.24) is 9.78 Å². The summed E-state index contributed by atoms with van der Waals surface area (Å²) in [6.07, 6.45) is 2.96. The molecule has 1 aliphatic heterocycles. The molecule has 34 heavy (non-hydrogen) atoms. The van der Waals surface area contributed by atoms with Crippen LogP contribution in [0, 0.1) is 24.0 Å². The molecule has 4 rings (SSSR count). The maximum absolute atomic E-state index is 12.4. The van der Waals surface area contributed by atoms with E-state index in [0.29, 0.717) is 28.4 Å². The van der Waals surface area contributed by atoms with Gasteiger partial charge in [0.05, 0.1) is 23.8 Å². The van der Waals surface area contributed by atoms with E-state index in [9.17, 15) is 14.9 Å². The number of fused-ring (bicyclic) bond motifs is 1. The Kier molecular flexibility index (Phi) is 6.95. The number of ether oxygens (including phenoxy) is 3. The first-order valence-corrected chi connectivity index (χ1v) is 10.8.